The van der Waals surface area contributed by atoms with Crippen LogP contribution in [0.15, 0.2) is 40.9 Å². The van der Waals surface area contributed by atoms with E-state index in [1.807, 2.05) is 25.1 Å². The van der Waals surface area contributed by atoms with E-state index in [2.05, 4.69) is 26.2 Å². The van der Waals surface area contributed by atoms with Crippen LogP contribution in [0.25, 0.3) is 10.2 Å². The minimum atomic E-state index is -0.455. The summed E-state index contributed by atoms with van der Waals surface area (Å²) < 4.78 is 14.8. The van der Waals surface area contributed by atoms with Crippen LogP contribution in [-0.2, 0) is 0 Å². The van der Waals surface area contributed by atoms with Gasteiger partial charge in [-0.3, -0.25) is 10.1 Å². The summed E-state index contributed by atoms with van der Waals surface area (Å²) in [5.41, 5.74) is 2.17. The Morgan fingerprint density at radius 1 is 1.33 bits per heavy atom. The largest absolute Gasteiger partial charge is 0.298 e. The molecule has 2 aromatic carbocycles. The van der Waals surface area contributed by atoms with Gasteiger partial charge in [-0.15, -0.1) is 0 Å². The molecule has 6 heteroatoms. The quantitative estimate of drug-likeness (QED) is 0.712. The van der Waals surface area contributed by atoms with Crippen molar-refractivity contribution in [1.82, 2.24) is 4.98 Å². The van der Waals surface area contributed by atoms with Crippen molar-refractivity contribution >= 4 is 48.5 Å². The van der Waals surface area contributed by atoms with Crippen molar-refractivity contribution in [3.8, 4) is 0 Å². The molecule has 0 atom stereocenters. The molecule has 3 rings (SSSR count). The summed E-state index contributed by atoms with van der Waals surface area (Å²) in [7, 11) is 0. The molecule has 3 nitrogen and oxygen atoms in total. The summed E-state index contributed by atoms with van der Waals surface area (Å²) in [5, 5.41) is 3.22. The molecule has 1 heterocycles. The number of benzene rings is 2. The maximum absolute atomic E-state index is 13.3. The number of aromatic nitrogens is 1. The normalized spacial score (nSPS) is 10.8. The molecule has 0 aliphatic rings. The fourth-order valence-corrected chi connectivity index (χ4v) is 3.34. The predicted octanol–water partition coefficient (Wildman–Crippen LogP) is 4.76. The number of nitrogens with one attached hydrogen (secondary N) is 1. The standard InChI is InChI=1S/C15H10BrFN2OS/c1-8-3-2-4-12-13(8)18-15(21-12)19-14(20)10-7-9(17)5-6-11(10)16/h2-7H,1H3,(H,18,19,20). The SMILES string of the molecule is Cc1cccc2sc(NC(=O)c3cc(F)ccc3Br)nc12. The van der Waals surface area contributed by atoms with Gasteiger partial charge in [-0.1, -0.05) is 23.5 Å². The Balaban J connectivity index is 1.93. The number of halogens is 2. The molecule has 0 bridgehead atoms. The highest BCUT2D eigenvalue weighted by Crippen LogP contribution is 2.28. The molecule has 0 spiro atoms. The number of fused-ring (bicyclic) bond motifs is 1. The van der Waals surface area contributed by atoms with E-state index in [4.69, 9.17) is 0 Å². The number of aryl methyl sites for hydroxylation is 1. The Kier molecular flexibility index (Phi) is 3.73. The molecule has 0 aliphatic heterocycles. The predicted molar refractivity (Wildman–Crippen MR) is 86.4 cm³/mol. The average Bonchev–Trinajstić information content (AvgIpc) is 2.85. The number of carbonyl (C=O) groups is 1. The van der Waals surface area contributed by atoms with Crippen LogP contribution in [0.3, 0.4) is 0 Å². The fourth-order valence-electron chi connectivity index (χ4n) is 1.98. The number of thiazole rings is 1. The van der Waals surface area contributed by atoms with E-state index in [9.17, 15) is 9.18 Å². The van der Waals surface area contributed by atoms with Crippen molar-refractivity contribution < 1.29 is 9.18 Å². The lowest BCUT2D eigenvalue weighted by atomic mass is 10.2. The smallest absolute Gasteiger partial charge is 0.258 e. The summed E-state index contributed by atoms with van der Waals surface area (Å²) in [4.78, 5) is 16.6. The molecule has 21 heavy (non-hydrogen) atoms. The highest BCUT2D eigenvalue weighted by molar-refractivity contribution is 9.10. The van der Waals surface area contributed by atoms with Crippen LogP contribution < -0.4 is 5.32 Å². The minimum absolute atomic E-state index is 0.242. The van der Waals surface area contributed by atoms with Gasteiger partial charge in [0.25, 0.3) is 5.91 Å². The van der Waals surface area contributed by atoms with Crippen molar-refractivity contribution in [2.45, 2.75) is 6.92 Å². The number of hydrogen-bond donors (Lipinski definition) is 1. The number of nitrogens with zero attached hydrogens (tertiary/aromatic N) is 1. The van der Waals surface area contributed by atoms with Gasteiger partial charge < -0.3 is 0 Å². The highest BCUT2D eigenvalue weighted by Gasteiger charge is 2.14. The van der Waals surface area contributed by atoms with E-state index < -0.39 is 11.7 Å². The molecule has 1 aromatic heterocycles. The van der Waals surface area contributed by atoms with Gasteiger partial charge >= 0.3 is 0 Å². The van der Waals surface area contributed by atoms with Gasteiger partial charge in [-0.05, 0) is 52.7 Å². The van der Waals surface area contributed by atoms with Gasteiger partial charge in [0.15, 0.2) is 5.13 Å². The average molecular weight is 365 g/mol. The van der Waals surface area contributed by atoms with Crippen molar-refractivity contribution in [2.24, 2.45) is 0 Å². The maximum atomic E-state index is 13.3. The molecule has 1 amide bonds. The Morgan fingerprint density at radius 3 is 2.90 bits per heavy atom. The van der Waals surface area contributed by atoms with Crippen molar-refractivity contribution in [2.75, 3.05) is 5.32 Å². The van der Waals surface area contributed by atoms with Gasteiger partial charge in [-0.2, -0.15) is 0 Å². The molecule has 1 N–H and O–H groups in total. The van der Waals surface area contributed by atoms with E-state index in [0.29, 0.717) is 9.60 Å². The van der Waals surface area contributed by atoms with Gasteiger partial charge in [0, 0.05) is 4.47 Å². The van der Waals surface area contributed by atoms with Crippen molar-refractivity contribution in [3.05, 3.63) is 57.8 Å². The van der Waals surface area contributed by atoms with Gasteiger partial charge in [-0.25, -0.2) is 9.37 Å². The number of para-hydroxylation sites is 1. The highest BCUT2D eigenvalue weighted by atomic mass is 79.9. The second-order valence-corrected chi connectivity index (χ2v) is 6.40. The first kappa shape index (κ1) is 14.2. The summed E-state index contributed by atoms with van der Waals surface area (Å²) >= 11 is 4.64. The fraction of sp³-hybridized carbons (Fsp3) is 0.0667. The van der Waals surface area contributed by atoms with E-state index in [0.717, 1.165) is 15.8 Å². The molecular formula is C15H10BrFN2OS. The van der Waals surface area contributed by atoms with E-state index in [-0.39, 0.29) is 5.56 Å². The lowest BCUT2D eigenvalue weighted by Crippen LogP contribution is -2.12. The van der Waals surface area contributed by atoms with Crippen LogP contribution in [0.1, 0.15) is 15.9 Å². The Hall–Kier alpha value is -1.79. The number of carbonyl (C=O) groups excluding carboxylic acids is 1. The Bertz CT molecular complexity index is 847. The molecule has 0 fully saturated rings. The van der Waals surface area contributed by atoms with Crippen LogP contribution in [0.2, 0.25) is 0 Å². The van der Waals surface area contributed by atoms with Gasteiger partial charge in [0.2, 0.25) is 0 Å². The Morgan fingerprint density at radius 2 is 2.14 bits per heavy atom. The molecule has 0 radical (unpaired) electrons. The maximum Gasteiger partial charge on any atom is 0.258 e. The molecule has 0 aliphatic carbocycles. The number of amides is 1. The molecule has 106 valence electrons. The first-order chi connectivity index (χ1) is 10.0. The second kappa shape index (κ2) is 5.54. The molecule has 0 saturated heterocycles. The monoisotopic (exact) mass is 364 g/mol. The van der Waals surface area contributed by atoms with Crippen LogP contribution in [-0.4, -0.2) is 10.9 Å². The van der Waals surface area contributed by atoms with E-state index in [1.54, 1.807) is 0 Å². The van der Waals surface area contributed by atoms with E-state index in [1.165, 1.54) is 29.5 Å². The lowest BCUT2D eigenvalue weighted by Gasteiger charge is -2.04. The number of hydrogen-bond acceptors (Lipinski definition) is 3. The second-order valence-electron chi connectivity index (χ2n) is 4.52. The lowest BCUT2D eigenvalue weighted by molar-refractivity contribution is 0.102. The zero-order chi connectivity index (χ0) is 15.0. The third kappa shape index (κ3) is 2.82. The van der Waals surface area contributed by atoms with E-state index >= 15 is 0 Å². The first-order valence-electron chi connectivity index (χ1n) is 6.17. The molecule has 0 unspecified atom stereocenters. The van der Waals surface area contributed by atoms with Crippen LogP contribution in [0, 0.1) is 12.7 Å². The minimum Gasteiger partial charge on any atom is -0.298 e. The summed E-state index contributed by atoms with van der Waals surface area (Å²) in [6.07, 6.45) is 0. The van der Waals surface area contributed by atoms with Gasteiger partial charge in [0.1, 0.15) is 5.82 Å². The number of rotatable bonds is 2. The molecule has 3 aromatic rings. The van der Waals surface area contributed by atoms with Crippen molar-refractivity contribution in [3.63, 3.8) is 0 Å². The van der Waals surface area contributed by atoms with Crippen LogP contribution >= 0.6 is 27.3 Å². The summed E-state index contributed by atoms with van der Waals surface area (Å²) in [5.74, 6) is -0.846. The number of anilines is 1. The third-order valence-corrected chi connectivity index (χ3v) is 4.64. The van der Waals surface area contributed by atoms with Crippen LogP contribution in [0.4, 0.5) is 9.52 Å². The zero-order valence-corrected chi connectivity index (χ0v) is 13.4. The zero-order valence-electron chi connectivity index (χ0n) is 11.0. The Labute approximate surface area is 133 Å². The molecule has 0 saturated carbocycles. The van der Waals surface area contributed by atoms with Crippen molar-refractivity contribution in [1.29, 1.82) is 0 Å². The van der Waals surface area contributed by atoms with Gasteiger partial charge in [0.05, 0.1) is 15.8 Å². The summed E-state index contributed by atoms with van der Waals surface area (Å²) in [6, 6.07) is 9.86. The third-order valence-electron chi connectivity index (χ3n) is 3.01. The topological polar surface area (TPSA) is 42.0 Å². The van der Waals surface area contributed by atoms with Crippen LogP contribution in [0.5, 0.6) is 0 Å². The molecular weight excluding hydrogens is 355 g/mol. The summed E-state index contributed by atoms with van der Waals surface area (Å²) in [6.45, 7) is 1.97. The first-order valence-corrected chi connectivity index (χ1v) is 7.78.